The number of rotatable bonds is 4. The molecule has 27 heavy (non-hydrogen) atoms. The van der Waals surface area contributed by atoms with Gasteiger partial charge < -0.3 is 9.32 Å². The molecular weight excluding hydrogens is 340 g/mol. The van der Waals surface area contributed by atoms with Crippen LogP contribution in [0.15, 0.2) is 34.7 Å². The molecule has 1 atom stereocenters. The summed E-state index contributed by atoms with van der Waals surface area (Å²) in [6.45, 7) is 7.81. The monoisotopic (exact) mass is 368 g/mol. The van der Waals surface area contributed by atoms with Gasteiger partial charge in [-0.15, -0.1) is 10.2 Å². The van der Waals surface area contributed by atoms with Gasteiger partial charge in [0.25, 0.3) is 0 Å². The van der Waals surface area contributed by atoms with Gasteiger partial charge in [0.05, 0.1) is 6.54 Å². The van der Waals surface area contributed by atoms with Crippen LogP contribution in [0.25, 0.3) is 11.5 Å². The smallest absolute Gasteiger partial charge is 0.247 e. The third kappa shape index (κ3) is 3.90. The van der Waals surface area contributed by atoms with Crippen molar-refractivity contribution >= 4 is 5.91 Å². The number of hydrogen-bond donors (Lipinski definition) is 0. The quantitative estimate of drug-likeness (QED) is 0.828. The molecule has 1 aromatic carbocycles. The summed E-state index contributed by atoms with van der Waals surface area (Å²) in [4.78, 5) is 16.7. The fraction of sp³-hybridized carbons (Fsp3) is 0.571. The largest absolute Gasteiger partial charge is 0.419 e. The zero-order valence-electron chi connectivity index (χ0n) is 16.2. The topological polar surface area (TPSA) is 62.5 Å². The molecule has 1 aromatic heterocycles. The lowest BCUT2D eigenvalue weighted by molar-refractivity contribution is -0.141. The Bertz CT molecular complexity index is 788. The highest BCUT2D eigenvalue weighted by Crippen LogP contribution is 2.39. The van der Waals surface area contributed by atoms with E-state index in [0.29, 0.717) is 30.7 Å². The van der Waals surface area contributed by atoms with Crippen LogP contribution < -0.4 is 0 Å². The standard InChI is InChI=1S/C21H28N4O2/c1-16(2)25-15-21(11-9-19(25)26)10-6-12-24(14-21)13-18-22-23-20(27-18)17-7-4-3-5-8-17/h3-5,7-8,16H,6,9-15H2,1-2H3/t21-/m0/s1. The molecule has 1 amide bonds. The maximum absolute atomic E-state index is 12.3. The highest BCUT2D eigenvalue weighted by atomic mass is 16.4. The number of nitrogens with zero attached hydrogens (tertiary/aromatic N) is 4. The van der Waals surface area contributed by atoms with E-state index in [-0.39, 0.29) is 11.5 Å². The van der Waals surface area contributed by atoms with Crippen LogP contribution in [0.3, 0.4) is 0 Å². The van der Waals surface area contributed by atoms with Crippen molar-refractivity contribution in [2.24, 2.45) is 5.41 Å². The van der Waals surface area contributed by atoms with E-state index >= 15 is 0 Å². The second-order valence-corrected chi connectivity index (χ2v) is 8.30. The van der Waals surface area contributed by atoms with Crippen molar-refractivity contribution < 1.29 is 9.21 Å². The zero-order valence-corrected chi connectivity index (χ0v) is 16.2. The molecule has 6 heteroatoms. The molecule has 0 aliphatic carbocycles. The Labute approximate surface area is 160 Å². The normalized spacial score (nSPS) is 24.1. The summed E-state index contributed by atoms with van der Waals surface area (Å²) in [5.41, 5.74) is 1.16. The van der Waals surface area contributed by atoms with Crippen molar-refractivity contribution in [1.29, 1.82) is 0 Å². The molecule has 0 saturated carbocycles. The molecule has 144 valence electrons. The van der Waals surface area contributed by atoms with E-state index in [1.807, 2.05) is 30.3 Å². The van der Waals surface area contributed by atoms with Crippen molar-refractivity contribution in [2.75, 3.05) is 19.6 Å². The van der Waals surface area contributed by atoms with Gasteiger partial charge in [-0.05, 0) is 51.8 Å². The maximum atomic E-state index is 12.3. The Morgan fingerprint density at radius 1 is 1.15 bits per heavy atom. The summed E-state index contributed by atoms with van der Waals surface area (Å²) in [6, 6.07) is 10.1. The first-order valence-electron chi connectivity index (χ1n) is 9.94. The van der Waals surface area contributed by atoms with Crippen molar-refractivity contribution in [2.45, 2.75) is 52.1 Å². The number of benzene rings is 1. The average molecular weight is 368 g/mol. The summed E-state index contributed by atoms with van der Waals surface area (Å²) < 4.78 is 5.90. The fourth-order valence-electron chi connectivity index (χ4n) is 4.50. The van der Waals surface area contributed by atoms with Crippen molar-refractivity contribution in [3.63, 3.8) is 0 Å². The number of likely N-dealkylation sites (tertiary alicyclic amines) is 2. The Morgan fingerprint density at radius 3 is 2.74 bits per heavy atom. The molecule has 3 heterocycles. The van der Waals surface area contributed by atoms with Crippen LogP contribution >= 0.6 is 0 Å². The van der Waals surface area contributed by atoms with Gasteiger partial charge in [0.1, 0.15) is 0 Å². The van der Waals surface area contributed by atoms with E-state index in [2.05, 4.69) is 33.8 Å². The molecule has 6 nitrogen and oxygen atoms in total. The minimum absolute atomic E-state index is 0.207. The fourth-order valence-corrected chi connectivity index (χ4v) is 4.50. The first-order valence-corrected chi connectivity index (χ1v) is 9.94. The summed E-state index contributed by atoms with van der Waals surface area (Å²) in [6.07, 6.45) is 4.01. The molecule has 0 unspecified atom stereocenters. The molecule has 2 aliphatic rings. The molecular formula is C21H28N4O2. The lowest BCUT2D eigenvalue weighted by Crippen LogP contribution is -2.55. The number of hydrogen-bond acceptors (Lipinski definition) is 5. The minimum atomic E-state index is 0.207. The van der Waals surface area contributed by atoms with Gasteiger partial charge in [-0.25, -0.2) is 0 Å². The summed E-state index contributed by atoms with van der Waals surface area (Å²) in [5.74, 6) is 1.54. The van der Waals surface area contributed by atoms with Crippen LogP contribution in [-0.4, -0.2) is 51.6 Å². The van der Waals surface area contributed by atoms with E-state index in [0.717, 1.165) is 38.0 Å². The van der Waals surface area contributed by atoms with E-state index in [9.17, 15) is 4.79 Å². The maximum Gasteiger partial charge on any atom is 0.247 e. The molecule has 0 radical (unpaired) electrons. The first-order chi connectivity index (χ1) is 13.0. The molecule has 2 aliphatic heterocycles. The van der Waals surface area contributed by atoms with Gasteiger partial charge >= 0.3 is 0 Å². The Hall–Kier alpha value is -2.21. The highest BCUT2D eigenvalue weighted by Gasteiger charge is 2.42. The van der Waals surface area contributed by atoms with Crippen molar-refractivity contribution in [1.82, 2.24) is 20.0 Å². The average Bonchev–Trinajstić information content (AvgIpc) is 3.13. The molecule has 0 bridgehead atoms. The minimum Gasteiger partial charge on any atom is -0.419 e. The molecule has 2 aromatic rings. The Kier molecular flexibility index (Phi) is 5.00. The predicted octanol–water partition coefficient (Wildman–Crippen LogP) is 3.35. The van der Waals surface area contributed by atoms with Crippen molar-refractivity contribution in [3.8, 4) is 11.5 Å². The Morgan fingerprint density at radius 2 is 1.96 bits per heavy atom. The number of aromatic nitrogens is 2. The van der Waals surface area contributed by atoms with Gasteiger partial charge in [0, 0.05) is 36.5 Å². The molecule has 4 rings (SSSR count). The van der Waals surface area contributed by atoms with E-state index in [4.69, 9.17) is 4.42 Å². The predicted molar refractivity (Wildman–Crippen MR) is 103 cm³/mol. The second kappa shape index (κ2) is 7.43. The summed E-state index contributed by atoms with van der Waals surface area (Å²) >= 11 is 0. The zero-order chi connectivity index (χ0) is 18.9. The number of piperidine rings is 2. The van der Waals surface area contributed by atoms with E-state index in [1.54, 1.807) is 0 Å². The third-order valence-corrected chi connectivity index (χ3v) is 5.91. The van der Waals surface area contributed by atoms with Crippen LogP contribution in [0.1, 0.15) is 45.4 Å². The van der Waals surface area contributed by atoms with E-state index in [1.165, 1.54) is 6.42 Å². The van der Waals surface area contributed by atoms with Crippen LogP contribution in [0.5, 0.6) is 0 Å². The van der Waals surface area contributed by atoms with Gasteiger partial charge in [0.15, 0.2) is 0 Å². The lowest BCUT2D eigenvalue weighted by atomic mass is 9.73. The number of carbonyl (C=O) groups is 1. The summed E-state index contributed by atoms with van der Waals surface area (Å²) in [5, 5.41) is 8.46. The molecule has 2 saturated heterocycles. The lowest BCUT2D eigenvalue weighted by Gasteiger charge is -2.49. The van der Waals surface area contributed by atoms with Crippen LogP contribution in [0.2, 0.25) is 0 Å². The van der Waals surface area contributed by atoms with E-state index < -0.39 is 0 Å². The van der Waals surface area contributed by atoms with Gasteiger partial charge in [0.2, 0.25) is 17.7 Å². The van der Waals surface area contributed by atoms with Crippen molar-refractivity contribution in [3.05, 3.63) is 36.2 Å². The Balaban J connectivity index is 1.43. The molecule has 1 spiro atoms. The SMILES string of the molecule is CC(C)N1C[C@@]2(CCCN(Cc3nnc(-c4ccccc4)o3)C2)CCC1=O. The van der Waals surface area contributed by atoms with Crippen LogP contribution in [0.4, 0.5) is 0 Å². The van der Waals surface area contributed by atoms with Crippen LogP contribution in [-0.2, 0) is 11.3 Å². The third-order valence-electron chi connectivity index (χ3n) is 5.91. The van der Waals surface area contributed by atoms with Gasteiger partial charge in [-0.1, -0.05) is 18.2 Å². The molecule has 0 N–H and O–H groups in total. The molecule has 2 fully saturated rings. The van der Waals surface area contributed by atoms with Crippen LogP contribution in [0, 0.1) is 5.41 Å². The number of amides is 1. The second-order valence-electron chi connectivity index (χ2n) is 8.30. The van der Waals surface area contributed by atoms with Gasteiger partial charge in [-0.3, -0.25) is 9.69 Å². The van der Waals surface area contributed by atoms with Gasteiger partial charge in [-0.2, -0.15) is 0 Å². The summed E-state index contributed by atoms with van der Waals surface area (Å²) in [7, 11) is 0. The first kappa shape index (κ1) is 18.2. The highest BCUT2D eigenvalue weighted by molar-refractivity contribution is 5.77. The number of carbonyl (C=O) groups excluding carboxylic acids is 1.